The van der Waals surface area contributed by atoms with E-state index in [9.17, 15) is 31.7 Å². The molecule has 1 N–H and O–H groups in total. The molecule has 0 atom stereocenters. The van der Waals surface area contributed by atoms with Gasteiger partial charge in [-0.25, -0.2) is 16.8 Å². The van der Waals surface area contributed by atoms with Gasteiger partial charge in [0, 0.05) is 25.2 Å². The zero-order valence-electron chi connectivity index (χ0n) is 20.2. The fraction of sp³-hybridized carbons (Fsp3) is 0.381. The van der Waals surface area contributed by atoms with Gasteiger partial charge in [-0.1, -0.05) is 0 Å². The maximum atomic E-state index is 13.0. The number of nitro benzene ring substituents is 1. The van der Waals surface area contributed by atoms with E-state index in [1.807, 2.05) is 0 Å². The number of non-ortho nitro benzene ring substituents is 1. The topological polar surface area (TPSA) is 175 Å². The number of benzene rings is 2. The Labute approximate surface area is 214 Å². The van der Waals surface area contributed by atoms with Gasteiger partial charge < -0.3 is 19.5 Å². The third kappa shape index (κ3) is 6.46. The highest BCUT2D eigenvalue weighted by atomic mass is 32.2. The minimum atomic E-state index is -4.12. The largest absolute Gasteiger partial charge is 0.495 e. The van der Waals surface area contributed by atoms with Gasteiger partial charge in [-0.2, -0.15) is 4.31 Å². The Hall–Kier alpha value is -3.47. The van der Waals surface area contributed by atoms with Crippen LogP contribution in [0.15, 0.2) is 41.3 Å². The van der Waals surface area contributed by atoms with Crippen LogP contribution in [0.25, 0.3) is 0 Å². The predicted molar refractivity (Wildman–Crippen MR) is 133 cm³/mol. The molecule has 1 saturated heterocycles. The number of nitro groups is 1. The van der Waals surface area contributed by atoms with Gasteiger partial charge in [-0.05, 0) is 24.3 Å². The summed E-state index contributed by atoms with van der Waals surface area (Å²) in [6.45, 7) is 0.0532. The van der Waals surface area contributed by atoms with Crippen molar-refractivity contribution in [2.45, 2.75) is 4.90 Å². The van der Waals surface area contributed by atoms with Gasteiger partial charge in [-0.15, -0.1) is 0 Å². The Morgan fingerprint density at radius 2 is 1.70 bits per heavy atom. The fourth-order valence-corrected chi connectivity index (χ4v) is 5.86. The van der Waals surface area contributed by atoms with Gasteiger partial charge in [0.05, 0.1) is 49.2 Å². The van der Waals surface area contributed by atoms with Crippen molar-refractivity contribution in [1.82, 2.24) is 4.31 Å². The number of nitrogens with zero attached hydrogens (tertiary/aromatic N) is 3. The van der Waals surface area contributed by atoms with Crippen molar-refractivity contribution in [3.05, 3.63) is 46.5 Å². The lowest BCUT2D eigenvalue weighted by Crippen LogP contribution is -2.40. The van der Waals surface area contributed by atoms with Gasteiger partial charge in [0.1, 0.15) is 23.7 Å². The van der Waals surface area contributed by atoms with Crippen molar-refractivity contribution in [2.75, 3.05) is 62.9 Å². The summed E-state index contributed by atoms with van der Waals surface area (Å²) in [4.78, 5) is 23.4. The van der Waals surface area contributed by atoms with Crippen molar-refractivity contribution in [1.29, 1.82) is 0 Å². The van der Waals surface area contributed by atoms with Gasteiger partial charge in [0.25, 0.3) is 5.69 Å². The SMILES string of the molecule is COc1ccc(S(=O)(=O)N2CCOCC2)cc1NC(=O)CN(c1cc([N+](=O)[O-])ccc1OC)S(C)(=O)=O. The first-order valence-electron chi connectivity index (χ1n) is 10.7. The molecule has 1 fully saturated rings. The van der Waals surface area contributed by atoms with Crippen LogP contribution in [0.4, 0.5) is 17.1 Å². The van der Waals surface area contributed by atoms with Crippen LogP contribution in [-0.4, -0.2) is 85.3 Å². The highest BCUT2D eigenvalue weighted by Crippen LogP contribution is 2.34. The van der Waals surface area contributed by atoms with Crippen molar-refractivity contribution < 1.29 is 40.8 Å². The first-order valence-corrected chi connectivity index (χ1v) is 14.0. The summed E-state index contributed by atoms with van der Waals surface area (Å²) in [5.74, 6) is -0.744. The van der Waals surface area contributed by atoms with Crippen LogP contribution in [0.3, 0.4) is 0 Å². The number of sulfonamides is 2. The van der Waals surface area contributed by atoms with Crippen molar-refractivity contribution >= 4 is 43.0 Å². The zero-order chi connectivity index (χ0) is 27.4. The minimum absolute atomic E-state index is 0.0127. The number of rotatable bonds is 10. The summed E-state index contributed by atoms with van der Waals surface area (Å²) in [6.07, 6.45) is 0.828. The predicted octanol–water partition coefficient (Wildman–Crippen LogP) is 1.04. The lowest BCUT2D eigenvalue weighted by molar-refractivity contribution is -0.384. The molecule has 37 heavy (non-hydrogen) atoms. The Balaban J connectivity index is 1.93. The molecule has 0 unspecified atom stereocenters. The number of ether oxygens (including phenoxy) is 3. The Morgan fingerprint density at radius 3 is 2.27 bits per heavy atom. The smallest absolute Gasteiger partial charge is 0.271 e. The lowest BCUT2D eigenvalue weighted by atomic mass is 10.2. The molecule has 0 aliphatic carbocycles. The number of carbonyl (C=O) groups excluding carboxylic acids is 1. The van der Waals surface area contributed by atoms with E-state index in [-0.39, 0.29) is 54.1 Å². The second-order valence-corrected chi connectivity index (χ2v) is 11.7. The second-order valence-electron chi connectivity index (χ2n) is 7.81. The second kappa shape index (κ2) is 11.3. The number of carbonyl (C=O) groups is 1. The van der Waals surface area contributed by atoms with E-state index in [4.69, 9.17) is 14.2 Å². The molecule has 1 heterocycles. The molecule has 1 amide bonds. The van der Waals surface area contributed by atoms with Gasteiger partial charge in [0.2, 0.25) is 26.0 Å². The third-order valence-corrected chi connectivity index (χ3v) is 8.40. The summed E-state index contributed by atoms with van der Waals surface area (Å²) in [6, 6.07) is 7.22. The Bertz CT molecular complexity index is 1390. The molecule has 14 nitrogen and oxygen atoms in total. The molecule has 2 aromatic carbocycles. The average Bonchev–Trinajstić information content (AvgIpc) is 2.86. The molecule has 0 aromatic heterocycles. The van der Waals surface area contributed by atoms with E-state index in [1.165, 1.54) is 42.8 Å². The van der Waals surface area contributed by atoms with Gasteiger partial charge in [-0.3, -0.25) is 19.2 Å². The number of hydrogen-bond acceptors (Lipinski definition) is 10. The van der Waals surface area contributed by atoms with Crippen LogP contribution in [0.2, 0.25) is 0 Å². The third-order valence-electron chi connectivity index (χ3n) is 5.38. The van der Waals surface area contributed by atoms with Crippen LogP contribution in [0, 0.1) is 10.1 Å². The standard InChI is InChI=1S/C21H26N4O10S2/c1-33-19-7-5-16(37(31,32)23-8-10-35-11-9-23)13-17(19)22-21(26)14-24(36(3,29)30)18-12-15(25(27)28)4-6-20(18)34-2/h4-7,12-13H,8-11,14H2,1-3H3,(H,22,26). The van der Waals surface area contributed by atoms with Gasteiger partial charge >= 0.3 is 0 Å². The number of anilines is 2. The maximum Gasteiger partial charge on any atom is 0.271 e. The molecule has 16 heteroatoms. The molecule has 202 valence electrons. The van der Waals surface area contributed by atoms with E-state index >= 15 is 0 Å². The van der Waals surface area contributed by atoms with E-state index < -0.39 is 43.1 Å². The summed E-state index contributed by atoms with van der Waals surface area (Å²) >= 11 is 0. The van der Waals surface area contributed by atoms with Crippen LogP contribution in [0.1, 0.15) is 0 Å². The highest BCUT2D eigenvalue weighted by Gasteiger charge is 2.29. The minimum Gasteiger partial charge on any atom is -0.495 e. The molecular weight excluding hydrogens is 532 g/mol. The first kappa shape index (κ1) is 28.1. The van der Waals surface area contributed by atoms with E-state index in [2.05, 4.69) is 5.32 Å². The molecular formula is C21H26N4O10S2. The number of methoxy groups -OCH3 is 2. The molecule has 1 aliphatic heterocycles. The number of morpholine rings is 1. The van der Waals surface area contributed by atoms with Crippen molar-refractivity contribution in [2.24, 2.45) is 0 Å². The van der Waals surface area contributed by atoms with Crippen molar-refractivity contribution in [3.8, 4) is 11.5 Å². The molecule has 0 radical (unpaired) electrons. The lowest BCUT2D eigenvalue weighted by Gasteiger charge is -2.26. The van der Waals surface area contributed by atoms with Crippen LogP contribution in [-0.2, 0) is 29.6 Å². The molecule has 0 spiro atoms. The molecule has 2 aromatic rings. The monoisotopic (exact) mass is 558 g/mol. The molecule has 3 rings (SSSR count). The molecule has 0 bridgehead atoms. The Morgan fingerprint density at radius 1 is 1.08 bits per heavy atom. The Kier molecular flexibility index (Phi) is 8.57. The quantitative estimate of drug-likeness (QED) is 0.328. The molecule has 0 saturated carbocycles. The van der Waals surface area contributed by atoms with E-state index in [1.54, 1.807) is 0 Å². The molecule has 1 aliphatic rings. The highest BCUT2D eigenvalue weighted by molar-refractivity contribution is 7.92. The summed E-state index contributed by atoms with van der Waals surface area (Å²) in [5.41, 5.74) is -0.640. The van der Waals surface area contributed by atoms with E-state index in [0.717, 1.165) is 18.4 Å². The average molecular weight is 559 g/mol. The van der Waals surface area contributed by atoms with E-state index in [0.29, 0.717) is 4.31 Å². The van der Waals surface area contributed by atoms with Crippen LogP contribution < -0.4 is 19.1 Å². The summed E-state index contributed by atoms with van der Waals surface area (Å²) in [7, 11) is -5.45. The number of hydrogen-bond donors (Lipinski definition) is 1. The summed E-state index contributed by atoms with van der Waals surface area (Å²) in [5, 5.41) is 13.7. The fourth-order valence-electron chi connectivity index (χ4n) is 3.57. The van der Waals surface area contributed by atoms with Gasteiger partial charge in [0.15, 0.2) is 0 Å². The first-order chi connectivity index (χ1) is 17.4. The zero-order valence-corrected chi connectivity index (χ0v) is 21.9. The van der Waals surface area contributed by atoms with Crippen molar-refractivity contribution in [3.63, 3.8) is 0 Å². The summed E-state index contributed by atoms with van der Waals surface area (Å²) < 4.78 is 68.6. The number of amides is 1. The normalized spacial score (nSPS) is 14.6. The number of nitrogens with one attached hydrogen (secondary N) is 1. The van der Waals surface area contributed by atoms with Crippen LogP contribution >= 0.6 is 0 Å². The maximum absolute atomic E-state index is 13.0. The van der Waals surface area contributed by atoms with Crippen LogP contribution in [0.5, 0.6) is 11.5 Å².